The average Bonchev–Trinajstić information content (AvgIpc) is 2.50. The predicted molar refractivity (Wildman–Crippen MR) is 84.8 cm³/mol. The highest BCUT2D eigenvalue weighted by molar-refractivity contribution is 5.29. The van der Waals surface area contributed by atoms with E-state index in [-0.39, 0.29) is 17.8 Å². The van der Waals surface area contributed by atoms with Crippen molar-refractivity contribution in [3.05, 3.63) is 65.2 Å². The van der Waals surface area contributed by atoms with E-state index >= 15 is 0 Å². The fraction of sp³-hybridized carbons (Fsp3) is 0.389. The smallest absolute Gasteiger partial charge is 0.128 e. The van der Waals surface area contributed by atoms with E-state index in [1.54, 1.807) is 12.3 Å². The van der Waals surface area contributed by atoms with Crippen molar-refractivity contribution in [2.45, 2.75) is 39.2 Å². The van der Waals surface area contributed by atoms with Gasteiger partial charge in [0.15, 0.2) is 0 Å². The summed E-state index contributed by atoms with van der Waals surface area (Å²) in [6.07, 6.45) is 2.80. The van der Waals surface area contributed by atoms with Crippen molar-refractivity contribution < 1.29 is 4.39 Å². The third-order valence-corrected chi connectivity index (χ3v) is 3.76. The summed E-state index contributed by atoms with van der Waals surface area (Å²) in [5.41, 5.74) is 2.63. The summed E-state index contributed by atoms with van der Waals surface area (Å²) in [4.78, 5) is 4.42. The molecule has 0 aliphatic carbocycles. The van der Waals surface area contributed by atoms with E-state index in [9.17, 15) is 4.39 Å². The molecule has 0 fully saturated rings. The van der Waals surface area contributed by atoms with Gasteiger partial charge in [-0.15, -0.1) is 0 Å². The Kier molecular flexibility index (Phi) is 5.45. The Morgan fingerprint density at radius 3 is 2.67 bits per heavy atom. The molecule has 2 nitrogen and oxygen atoms in total. The Bertz CT molecular complexity index is 569. The van der Waals surface area contributed by atoms with Crippen LogP contribution < -0.4 is 5.32 Å². The van der Waals surface area contributed by atoms with E-state index in [1.807, 2.05) is 37.3 Å². The number of nitrogens with one attached hydrogen (secondary N) is 1. The van der Waals surface area contributed by atoms with Gasteiger partial charge < -0.3 is 5.32 Å². The average molecular weight is 286 g/mol. The molecule has 112 valence electrons. The molecule has 0 aliphatic rings. The number of benzene rings is 1. The fourth-order valence-electron chi connectivity index (χ4n) is 2.56. The Hall–Kier alpha value is -1.74. The van der Waals surface area contributed by atoms with E-state index in [1.165, 1.54) is 0 Å². The van der Waals surface area contributed by atoms with Gasteiger partial charge in [0.2, 0.25) is 0 Å². The van der Waals surface area contributed by atoms with Crippen LogP contribution in [0.2, 0.25) is 0 Å². The lowest BCUT2D eigenvalue weighted by Gasteiger charge is -2.26. The SMILES string of the molecule is CCCNC(c1ccc(C)cc1F)C(C)c1ccccn1. The van der Waals surface area contributed by atoms with Gasteiger partial charge in [-0.05, 0) is 43.7 Å². The van der Waals surface area contributed by atoms with E-state index in [0.717, 1.165) is 24.2 Å². The van der Waals surface area contributed by atoms with Crippen LogP contribution in [0, 0.1) is 12.7 Å². The second kappa shape index (κ2) is 7.32. The summed E-state index contributed by atoms with van der Waals surface area (Å²) >= 11 is 0. The molecule has 1 aromatic heterocycles. The van der Waals surface area contributed by atoms with Crippen LogP contribution in [-0.4, -0.2) is 11.5 Å². The molecule has 2 atom stereocenters. The summed E-state index contributed by atoms with van der Waals surface area (Å²) in [6.45, 7) is 6.97. The molecule has 0 aliphatic heterocycles. The normalized spacial score (nSPS) is 13.9. The first-order valence-electron chi connectivity index (χ1n) is 7.53. The first-order chi connectivity index (χ1) is 10.1. The Morgan fingerprint density at radius 2 is 2.05 bits per heavy atom. The number of rotatable bonds is 6. The van der Waals surface area contributed by atoms with Gasteiger partial charge in [-0.2, -0.15) is 0 Å². The molecule has 0 saturated carbocycles. The molecule has 0 amide bonds. The van der Waals surface area contributed by atoms with Gasteiger partial charge in [0.1, 0.15) is 5.82 Å². The summed E-state index contributed by atoms with van der Waals surface area (Å²) < 4.78 is 14.3. The first kappa shape index (κ1) is 15.6. The molecule has 21 heavy (non-hydrogen) atoms. The summed E-state index contributed by atoms with van der Waals surface area (Å²) in [7, 11) is 0. The standard InChI is InChI=1S/C18H23FN2/c1-4-10-21-18(14(3)17-7-5-6-11-20-17)15-9-8-13(2)12-16(15)19/h5-9,11-12,14,18,21H,4,10H2,1-3H3. The molecule has 2 rings (SSSR count). The molecule has 0 saturated heterocycles. The van der Waals surface area contributed by atoms with Crippen molar-refractivity contribution in [1.29, 1.82) is 0 Å². The summed E-state index contributed by atoms with van der Waals surface area (Å²) in [5.74, 6) is -0.0404. The Labute approximate surface area is 126 Å². The number of hydrogen-bond donors (Lipinski definition) is 1. The van der Waals surface area contributed by atoms with Crippen LogP contribution in [0.3, 0.4) is 0 Å². The minimum atomic E-state index is -0.147. The van der Waals surface area contributed by atoms with E-state index in [0.29, 0.717) is 5.56 Å². The topological polar surface area (TPSA) is 24.9 Å². The maximum absolute atomic E-state index is 14.3. The van der Waals surface area contributed by atoms with Gasteiger partial charge in [0.05, 0.1) is 0 Å². The van der Waals surface area contributed by atoms with Gasteiger partial charge in [-0.25, -0.2) is 4.39 Å². The second-order valence-corrected chi connectivity index (χ2v) is 5.50. The zero-order chi connectivity index (χ0) is 15.2. The van der Waals surface area contributed by atoms with Gasteiger partial charge in [0, 0.05) is 29.4 Å². The van der Waals surface area contributed by atoms with Gasteiger partial charge in [-0.3, -0.25) is 4.98 Å². The minimum Gasteiger partial charge on any atom is -0.309 e. The van der Waals surface area contributed by atoms with Crippen LogP contribution in [0.1, 0.15) is 49.0 Å². The highest BCUT2D eigenvalue weighted by atomic mass is 19.1. The zero-order valence-corrected chi connectivity index (χ0v) is 12.9. The number of halogens is 1. The molecule has 1 heterocycles. The summed E-state index contributed by atoms with van der Waals surface area (Å²) in [5, 5.41) is 3.46. The molecular formula is C18H23FN2. The maximum Gasteiger partial charge on any atom is 0.128 e. The number of aromatic nitrogens is 1. The molecule has 1 N–H and O–H groups in total. The number of nitrogens with zero attached hydrogens (tertiary/aromatic N) is 1. The molecule has 1 aromatic carbocycles. The Morgan fingerprint density at radius 1 is 1.24 bits per heavy atom. The lowest BCUT2D eigenvalue weighted by molar-refractivity contribution is 0.440. The van der Waals surface area contributed by atoms with Crippen LogP contribution in [-0.2, 0) is 0 Å². The lowest BCUT2D eigenvalue weighted by atomic mass is 9.90. The molecule has 0 spiro atoms. The summed E-state index contributed by atoms with van der Waals surface area (Å²) in [6, 6.07) is 11.2. The molecule has 0 radical (unpaired) electrons. The van der Waals surface area contributed by atoms with Crippen LogP contribution in [0.25, 0.3) is 0 Å². The van der Waals surface area contributed by atoms with Gasteiger partial charge in [-0.1, -0.05) is 32.0 Å². The molecule has 0 bridgehead atoms. The van der Waals surface area contributed by atoms with E-state index in [4.69, 9.17) is 0 Å². The van der Waals surface area contributed by atoms with E-state index < -0.39 is 0 Å². The predicted octanol–water partition coefficient (Wildman–Crippen LogP) is 4.37. The number of pyridine rings is 1. The van der Waals surface area contributed by atoms with Crippen molar-refractivity contribution in [1.82, 2.24) is 10.3 Å². The zero-order valence-electron chi connectivity index (χ0n) is 12.9. The lowest BCUT2D eigenvalue weighted by Crippen LogP contribution is -2.28. The third kappa shape index (κ3) is 3.88. The van der Waals surface area contributed by atoms with Crippen molar-refractivity contribution in [2.24, 2.45) is 0 Å². The second-order valence-electron chi connectivity index (χ2n) is 5.50. The van der Waals surface area contributed by atoms with Crippen molar-refractivity contribution in [3.8, 4) is 0 Å². The van der Waals surface area contributed by atoms with E-state index in [2.05, 4.69) is 24.1 Å². The van der Waals surface area contributed by atoms with Crippen molar-refractivity contribution in [2.75, 3.05) is 6.54 Å². The minimum absolute atomic E-state index is 0.0690. The Balaban J connectivity index is 2.33. The van der Waals surface area contributed by atoms with Crippen molar-refractivity contribution >= 4 is 0 Å². The largest absolute Gasteiger partial charge is 0.309 e. The molecule has 3 heteroatoms. The van der Waals surface area contributed by atoms with Crippen molar-refractivity contribution in [3.63, 3.8) is 0 Å². The van der Waals surface area contributed by atoms with Crippen LogP contribution in [0.15, 0.2) is 42.6 Å². The van der Waals surface area contributed by atoms with Crippen LogP contribution in [0.5, 0.6) is 0 Å². The van der Waals surface area contributed by atoms with Crippen LogP contribution >= 0.6 is 0 Å². The van der Waals surface area contributed by atoms with Gasteiger partial charge >= 0.3 is 0 Å². The molecule has 2 aromatic rings. The highest BCUT2D eigenvalue weighted by Gasteiger charge is 2.23. The highest BCUT2D eigenvalue weighted by Crippen LogP contribution is 2.31. The van der Waals surface area contributed by atoms with Crippen LogP contribution in [0.4, 0.5) is 4.39 Å². The number of aryl methyl sites for hydroxylation is 1. The fourth-order valence-corrected chi connectivity index (χ4v) is 2.56. The third-order valence-electron chi connectivity index (χ3n) is 3.76. The van der Waals surface area contributed by atoms with Gasteiger partial charge in [0.25, 0.3) is 0 Å². The quantitative estimate of drug-likeness (QED) is 0.852. The monoisotopic (exact) mass is 286 g/mol. The number of hydrogen-bond acceptors (Lipinski definition) is 2. The molecular weight excluding hydrogens is 263 g/mol. The first-order valence-corrected chi connectivity index (χ1v) is 7.53. The maximum atomic E-state index is 14.3. The molecule has 2 unspecified atom stereocenters.